The van der Waals surface area contributed by atoms with E-state index < -0.39 is 11.9 Å². The zero-order chi connectivity index (χ0) is 14.3. The van der Waals surface area contributed by atoms with Gasteiger partial charge in [-0.2, -0.15) is 13.2 Å². The number of hydrogen-bond donors (Lipinski definition) is 1. The van der Waals surface area contributed by atoms with Gasteiger partial charge in [0.1, 0.15) is 0 Å². The molecular weight excluding hydrogens is 307 g/mol. The van der Waals surface area contributed by atoms with Crippen LogP contribution in [0.2, 0.25) is 0 Å². The molecule has 0 aromatic carbocycles. The number of halogens is 4. The Labute approximate surface area is 125 Å². The van der Waals surface area contributed by atoms with Gasteiger partial charge in [-0.1, -0.05) is 0 Å². The minimum absolute atomic E-state index is 0. The highest BCUT2D eigenvalue weighted by atomic mass is 35.5. The number of anilines is 1. The molecule has 0 unspecified atom stereocenters. The van der Waals surface area contributed by atoms with E-state index >= 15 is 0 Å². The van der Waals surface area contributed by atoms with Gasteiger partial charge >= 0.3 is 6.18 Å². The second-order valence-electron chi connectivity index (χ2n) is 4.78. The Balaban J connectivity index is 0.00000161. The number of hydrogen-bond acceptors (Lipinski definition) is 4. The Kier molecular flexibility index (Phi) is 4.29. The van der Waals surface area contributed by atoms with Crippen molar-refractivity contribution in [1.29, 1.82) is 0 Å². The highest BCUT2D eigenvalue weighted by molar-refractivity contribution is 5.85. The van der Waals surface area contributed by atoms with Crippen LogP contribution in [-0.4, -0.2) is 40.5 Å². The molecule has 9 heteroatoms. The summed E-state index contributed by atoms with van der Waals surface area (Å²) < 4.78 is 40.4. The van der Waals surface area contributed by atoms with Crippen molar-refractivity contribution in [2.24, 2.45) is 0 Å². The molecule has 1 aliphatic rings. The predicted molar refractivity (Wildman–Crippen MR) is 75.1 cm³/mol. The van der Waals surface area contributed by atoms with E-state index in [1.165, 1.54) is 4.40 Å². The van der Waals surface area contributed by atoms with Crippen LogP contribution >= 0.6 is 12.4 Å². The van der Waals surface area contributed by atoms with Crippen LogP contribution in [0, 0.1) is 6.92 Å². The van der Waals surface area contributed by atoms with Crippen LogP contribution in [0.5, 0.6) is 0 Å². The average molecular weight is 322 g/mol. The largest absolute Gasteiger partial charge is 0.434 e. The number of imidazole rings is 1. The number of aryl methyl sites for hydroxylation is 1. The molecule has 0 aliphatic carbocycles. The number of nitrogens with zero attached hydrogens (tertiary/aromatic N) is 4. The first-order valence-corrected chi connectivity index (χ1v) is 6.34. The van der Waals surface area contributed by atoms with Crippen LogP contribution in [-0.2, 0) is 6.18 Å². The summed E-state index contributed by atoms with van der Waals surface area (Å²) in [5, 5.41) is 3.16. The van der Waals surface area contributed by atoms with E-state index in [1.54, 1.807) is 13.1 Å². The standard InChI is InChI=1S/C12H14F3N5.ClH/c1-8-6-17-10-11(19-4-2-16-3-5-19)18-9(7-20(8)10)12(13,14)15;/h6-7,16H,2-5H2,1H3;1H. The second-order valence-corrected chi connectivity index (χ2v) is 4.78. The number of rotatable bonds is 1. The Morgan fingerprint density at radius 2 is 1.90 bits per heavy atom. The summed E-state index contributed by atoms with van der Waals surface area (Å²) >= 11 is 0. The molecule has 0 spiro atoms. The summed E-state index contributed by atoms with van der Waals surface area (Å²) in [5.41, 5.74) is 0.237. The molecule has 5 nitrogen and oxygen atoms in total. The van der Waals surface area contributed by atoms with Crippen LogP contribution in [0.25, 0.3) is 5.65 Å². The average Bonchev–Trinajstić information content (AvgIpc) is 2.80. The Morgan fingerprint density at radius 3 is 2.52 bits per heavy atom. The first-order chi connectivity index (χ1) is 9.47. The first-order valence-electron chi connectivity index (χ1n) is 6.34. The van der Waals surface area contributed by atoms with Crippen molar-refractivity contribution in [3.8, 4) is 0 Å². The highest BCUT2D eigenvalue weighted by Gasteiger charge is 2.35. The third kappa shape index (κ3) is 2.91. The molecule has 0 saturated carbocycles. The van der Waals surface area contributed by atoms with Gasteiger partial charge in [0.15, 0.2) is 17.2 Å². The van der Waals surface area contributed by atoms with Gasteiger partial charge in [-0.25, -0.2) is 9.97 Å². The number of nitrogens with one attached hydrogen (secondary N) is 1. The molecule has 3 rings (SSSR count). The van der Waals surface area contributed by atoms with Crippen molar-refractivity contribution < 1.29 is 13.2 Å². The van der Waals surface area contributed by atoms with Crippen molar-refractivity contribution in [1.82, 2.24) is 19.7 Å². The minimum atomic E-state index is -4.46. The monoisotopic (exact) mass is 321 g/mol. The molecular formula is C12H15ClF3N5. The van der Waals surface area contributed by atoms with Crippen molar-refractivity contribution in [3.05, 3.63) is 23.8 Å². The Bertz CT molecular complexity index is 634. The number of alkyl halides is 3. The number of fused-ring (bicyclic) bond motifs is 1. The lowest BCUT2D eigenvalue weighted by atomic mass is 10.3. The van der Waals surface area contributed by atoms with Crippen LogP contribution in [0.1, 0.15) is 11.4 Å². The molecule has 116 valence electrons. The van der Waals surface area contributed by atoms with Gasteiger partial charge in [-0.3, -0.25) is 4.40 Å². The predicted octanol–water partition coefficient (Wildman–Crippen LogP) is 1.89. The van der Waals surface area contributed by atoms with Gasteiger partial charge in [-0.15, -0.1) is 12.4 Å². The third-order valence-electron chi connectivity index (χ3n) is 3.37. The zero-order valence-corrected chi connectivity index (χ0v) is 12.1. The van der Waals surface area contributed by atoms with Gasteiger partial charge in [0.2, 0.25) is 0 Å². The summed E-state index contributed by atoms with van der Waals surface area (Å²) in [6.45, 7) is 4.42. The van der Waals surface area contributed by atoms with E-state index in [-0.39, 0.29) is 12.4 Å². The van der Waals surface area contributed by atoms with Crippen LogP contribution < -0.4 is 10.2 Å². The lowest BCUT2D eigenvalue weighted by Gasteiger charge is -2.29. The number of piperazine rings is 1. The highest BCUT2D eigenvalue weighted by Crippen LogP contribution is 2.31. The summed E-state index contributed by atoms with van der Waals surface area (Å²) in [6, 6.07) is 0. The summed E-state index contributed by atoms with van der Waals surface area (Å²) in [6.07, 6.45) is -1.90. The van der Waals surface area contributed by atoms with E-state index in [0.717, 1.165) is 19.3 Å². The molecule has 0 bridgehead atoms. The van der Waals surface area contributed by atoms with Crippen LogP contribution in [0.3, 0.4) is 0 Å². The first kappa shape index (κ1) is 15.8. The molecule has 1 aliphatic heterocycles. The zero-order valence-electron chi connectivity index (χ0n) is 11.3. The quantitative estimate of drug-likeness (QED) is 0.871. The maximum absolute atomic E-state index is 13.0. The smallest absolute Gasteiger partial charge is 0.351 e. The maximum atomic E-state index is 13.0. The maximum Gasteiger partial charge on any atom is 0.434 e. The van der Waals surface area contributed by atoms with Gasteiger partial charge in [0.25, 0.3) is 0 Å². The van der Waals surface area contributed by atoms with E-state index in [2.05, 4.69) is 15.3 Å². The van der Waals surface area contributed by atoms with E-state index in [9.17, 15) is 13.2 Å². The third-order valence-corrected chi connectivity index (χ3v) is 3.37. The SMILES string of the molecule is Cc1cnc2c(N3CCNCC3)nc(C(F)(F)F)cn12.Cl. The van der Waals surface area contributed by atoms with Crippen molar-refractivity contribution >= 4 is 23.9 Å². The van der Waals surface area contributed by atoms with Crippen molar-refractivity contribution in [2.75, 3.05) is 31.1 Å². The normalized spacial score (nSPS) is 16.1. The molecule has 0 amide bonds. The molecule has 1 fully saturated rings. The van der Waals surface area contributed by atoms with Gasteiger partial charge in [-0.05, 0) is 6.92 Å². The molecule has 0 atom stereocenters. The fourth-order valence-corrected chi connectivity index (χ4v) is 2.32. The topological polar surface area (TPSA) is 45.5 Å². The van der Waals surface area contributed by atoms with Gasteiger partial charge in [0, 0.05) is 44.3 Å². The van der Waals surface area contributed by atoms with E-state index in [0.29, 0.717) is 30.2 Å². The van der Waals surface area contributed by atoms with Crippen molar-refractivity contribution in [3.63, 3.8) is 0 Å². The van der Waals surface area contributed by atoms with E-state index in [1.807, 2.05) is 4.90 Å². The minimum Gasteiger partial charge on any atom is -0.351 e. The van der Waals surface area contributed by atoms with Gasteiger partial charge in [0.05, 0.1) is 0 Å². The lowest BCUT2D eigenvalue weighted by molar-refractivity contribution is -0.141. The molecule has 3 heterocycles. The number of aromatic nitrogens is 3. The second kappa shape index (κ2) is 5.69. The molecule has 2 aromatic rings. The summed E-state index contributed by atoms with van der Waals surface area (Å²) in [4.78, 5) is 9.83. The Hall–Kier alpha value is -1.54. The summed E-state index contributed by atoms with van der Waals surface area (Å²) in [7, 11) is 0. The fraction of sp³-hybridized carbons (Fsp3) is 0.500. The molecule has 21 heavy (non-hydrogen) atoms. The lowest BCUT2D eigenvalue weighted by Crippen LogP contribution is -2.44. The van der Waals surface area contributed by atoms with E-state index in [4.69, 9.17) is 0 Å². The molecule has 2 aromatic heterocycles. The molecule has 1 saturated heterocycles. The Morgan fingerprint density at radius 1 is 1.24 bits per heavy atom. The van der Waals surface area contributed by atoms with Crippen LogP contribution in [0.15, 0.2) is 12.4 Å². The van der Waals surface area contributed by atoms with Crippen LogP contribution in [0.4, 0.5) is 19.0 Å². The molecule has 1 N–H and O–H groups in total. The molecule has 0 radical (unpaired) electrons. The fourth-order valence-electron chi connectivity index (χ4n) is 2.32. The summed E-state index contributed by atoms with van der Waals surface area (Å²) in [5.74, 6) is 0.300. The van der Waals surface area contributed by atoms with Gasteiger partial charge < -0.3 is 10.2 Å². The van der Waals surface area contributed by atoms with Crippen molar-refractivity contribution in [2.45, 2.75) is 13.1 Å².